The van der Waals surface area contributed by atoms with E-state index in [9.17, 15) is 9.90 Å². The quantitative estimate of drug-likeness (QED) is 0.930. The maximum Gasteiger partial charge on any atom is 0.336 e. The number of carboxylic acids is 1. The lowest BCUT2D eigenvalue weighted by Gasteiger charge is -2.29. The fraction of sp³-hybridized carbons (Fsp3) is 0.412. The highest BCUT2D eigenvalue weighted by molar-refractivity contribution is 6.03. The molecule has 2 aromatic rings. The SMILES string of the molecule is CCN(c1cc(C(=O)O)c2ccccc2n1)C1CCCC1. The summed E-state index contributed by atoms with van der Waals surface area (Å²) in [7, 11) is 0. The molecule has 0 bridgehead atoms. The van der Waals surface area contributed by atoms with Crippen LogP contribution in [-0.2, 0) is 0 Å². The van der Waals surface area contributed by atoms with Gasteiger partial charge in [-0.05, 0) is 31.9 Å². The van der Waals surface area contributed by atoms with Crippen molar-refractivity contribution in [2.45, 2.75) is 38.6 Å². The molecule has 1 aromatic carbocycles. The van der Waals surface area contributed by atoms with Crippen molar-refractivity contribution in [3.05, 3.63) is 35.9 Å². The molecule has 0 amide bonds. The van der Waals surface area contributed by atoms with Crippen LogP contribution in [0.4, 0.5) is 5.82 Å². The second-order valence-electron chi connectivity index (χ2n) is 5.57. The summed E-state index contributed by atoms with van der Waals surface area (Å²) >= 11 is 0. The summed E-state index contributed by atoms with van der Waals surface area (Å²) in [5.41, 5.74) is 1.09. The number of aromatic carboxylic acids is 1. The predicted molar refractivity (Wildman–Crippen MR) is 84.0 cm³/mol. The first kappa shape index (κ1) is 13.9. The van der Waals surface area contributed by atoms with E-state index in [2.05, 4.69) is 11.8 Å². The van der Waals surface area contributed by atoms with Crippen LogP contribution in [0.1, 0.15) is 43.0 Å². The normalized spacial score (nSPS) is 15.5. The van der Waals surface area contributed by atoms with Crippen LogP contribution in [0.15, 0.2) is 30.3 Å². The lowest BCUT2D eigenvalue weighted by Crippen LogP contribution is -2.33. The van der Waals surface area contributed by atoms with Crippen LogP contribution in [0, 0.1) is 0 Å². The molecule has 3 rings (SSSR count). The van der Waals surface area contributed by atoms with Crippen molar-refractivity contribution in [3.8, 4) is 0 Å². The van der Waals surface area contributed by atoms with Crippen LogP contribution in [-0.4, -0.2) is 28.6 Å². The number of rotatable bonds is 4. The van der Waals surface area contributed by atoms with Crippen LogP contribution in [0.2, 0.25) is 0 Å². The van der Waals surface area contributed by atoms with Gasteiger partial charge in [0.25, 0.3) is 0 Å². The maximum atomic E-state index is 11.6. The number of aromatic nitrogens is 1. The van der Waals surface area contributed by atoms with Crippen LogP contribution in [0.3, 0.4) is 0 Å². The van der Waals surface area contributed by atoms with Crippen molar-refractivity contribution in [3.63, 3.8) is 0 Å². The number of hydrogen-bond donors (Lipinski definition) is 1. The van der Waals surface area contributed by atoms with Gasteiger partial charge in [-0.25, -0.2) is 9.78 Å². The van der Waals surface area contributed by atoms with E-state index in [1.807, 2.05) is 24.3 Å². The zero-order chi connectivity index (χ0) is 14.8. The van der Waals surface area contributed by atoms with E-state index in [4.69, 9.17) is 4.98 Å². The molecule has 1 heterocycles. The molecule has 0 aliphatic heterocycles. The Bertz CT molecular complexity index is 663. The summed E-state index contributed by atoms with van der Waals surface area (Å²) in [5, 5.41) is 10.2. The zero-order valence-electron chi connectivity index (χ0n) is 12.2. The summed E-state index contributed by atoms with van der Waals surface area (Å²) in [4.78, 5) is 18.5. The topological polar surface area (TPSA) is 53.4 Å². The summed E-state index contributed by atoms with van der Waals surface area (Å²) in [6, 6.07) is 9.67. The first-order chi connectivity index (χ1) is 10.2. The minimum atomic E-state index is -0.891. The van der Waals surface area contributed by atoms with Gasteiger partial charge in [0.1, 0.15) is 5.82 Å². The van der Waals surface area contributed by atoms with Gasteiger partial charge in [0, 0.05) is 18.0 Å². The summed E-state index contributed by atoms with van der Waals surface area (Å²) in [6.45, 7) is 2.96. The fourth-order valence-corrected chi connectivity index (χ4v) is 3.31. The number of nitrogens with zero attached hydrogens (tertiary/aromatic N) is 2. The van der Waals surface area contributed by atoms with E-state index in [1.165, 1.54) is 25.7 Å². The molecule has 1 saturated carbocycles. The second-order valence-corrected chi connectivity index (χ2v) is 5.57. The molecular formula is C17H20N2O2. The average Bonchev–Trinajstić information content (AvgIpc) is 3.01. The minimum Gasteiger partial charge on any atom is -0.478 e. The zero-order valence-corrected chi connectivity index (χ0v) is 12.2. The molecule has 1 fully saturated rings. The largest absolute Gasteiger partial charge is 0.478 e. The van der Waals surface area contributed by atoms with E-state index in [0.717, 1.165) is 17.9 Å². The van der Waals surface area contributed by atoms with Crippen molar-refractivity contribution >= 4 is 22.7 Å². The molecule has 21 heavy (non-hydrogen) atoms. The predicted octanol–water partition coefficient (Wildman–Crippen LogP) is 3.70. The molecule has 1 N–H and O–H groups in total. The van der Waals surface area contributed by atoms with Gasteiger partial charge < -0.3 is 10.0 Å². The first-order valence-corrected chi connectivity index (χ1v) is 7.60. The summed E-state index contributed by atoms with van der Waals surface area (Å²) < 4.78 is 0. The number of fused-ring (bicyclic) bond motifs is 1. The van der Waals surface area contributed by atoms with E-state index in [1.54, 1.807) is 6.07 Å². The van der Waals surface area contributed by atoms with Crippen molar-refractivity contribution in [2.75, 3.05) is 11.4 Å². The average molecular weight is 284 g/mol. The van der Waals surface area contributed by atoms with Crippen LogP contribution < -0.4 is 4.90 Å². The van der Waals surface area contributed by atoms with Crippen LogP contribution in [0.25, 0.3) is 10.9 Å². The number of carbonyl (C=O) groups is 1. The second kappa shape index (κ2) is 5.72. The van der Waals surface area contributed by atoms with Crippen molar-refractivity contribution in [2.24, 2.45) is 0 Å². The van der Waals surface area contributed by atoms with Gasteiger partial charge in [-0.2, -0.15) is 0 Å². The molecule has 4 heteroatoms. The van der Waals surface area contributed by atoms with Crippen LogP contribution >= 0.6 is 0 Å². The standard InChI is InChI=1S/C17H20N2O2/c1-2-19(12-7-3-4-8-12)16-11-14(17(20)21)13-9-5-6-10-15(13)18-16/h5-6,9-12H,2-4,7-8H2,1H3,(H,20,21). The molecule has 1 aromatic heterocycles. The Morgan fingerprint density at radius 2 is 2.05 bits per heavy atom. The molecule has 0 atom stereocenters. The van der Waals surface area contributed by atoms with E-state index >= 15 is 0 Å². The number of pyridine rings is 1. The molecule has 0 unspecified atom stereocenters. The third-order valence-corrected chi connectivity index (χ3v) is 4.33. The Hall–Kier alpha value is -2.10. The van der Waals surface area contributed by atoms with Gasteiger partial charge in [0.2, 0.25) is 0 Å². The molecule has 1 aliphatic rings. The van der Waals surface area contributed by atoms with Crippen molar-refractivity contribution < 1.29 is 9.90 Å². The maximum absolute atomic E-state index is 11.6. The van der Waals surface area contributed by atoms with E-state index in [0.29, 0.717) is 17.0 Å². The van der Waals surface area contributed by atoms with Crippen LogP contribution in [0.5, 0.6) is 0 Å². The fourth-order valence-electron chi connectivity index (χ4n) is 3.31. The Labute approximate surface area is 124 Å². The molecule has 110 valence electrons. The third kappa shape index (κ3) is 2.58. The van der Waals surface area contributed by atoms with E-state index < -0.39 is 5.97 Å². The summed E-state index contributed by atoms with van der Waals surface area (Å²) in [5.74, 6) is -0.0992. The summed E-state index contributed by atoms with van der Waals surface area (Å²) in [6.07, 6.45) is 4.84. The Morgan fingerprint density at radius 1 is 1.33 bits per heavy atom. The van der Waals surface area contributed by atoms with E-state index in [-0.39, 0.29) is 0 Å². The number of hydrogen-bond acceptors (Lipinski definition) is 3. The monoisotopic (exact) mass is 284 g/mol. The Kier molecular flexibility index (Phi) is 3.78. The molecule has 0 spiro atoms. The number of para-hydroxylation sites is 1. The number of carboxylic acid groups (broad SMARTS) is 1. The van der Waals surface area contributed by atoms with Gasteiger partial charge in [-0.15, -0.1) is 0 Å². The Morgan fingerprint density at radius 3 is 2.71 bits per heavy atom. The Balaban J connectivity index is 2.11. The minimum absolute atomic E-state index is 0.340. The first-order valence-electron chi connectivity index (χ1n) is 7.60. The highest BCUT2D eigenvalue weighted by Gasteiger charge is 2.24. The lowest BCUT2D eigenvalue weighted by molar-refractivity contribution is 0.0699. The number of anilines is 1. The van der Waals surface area contributed by atoms with Gasteiger partial charge in [0.15, 0.2) is 0 Å². The van der Waals surface area contributed by atoms with Crippen molar-refractivity contribution in [1.29, 1.82) is 0 Å². The lowest BCUT2D eigenvalue weighted by atomic mass is 10.1. The molecule has 0 saturated heterocycles. The van der Waals surface area contributed by atoms with Gasteiger partial charge in [-0.3, -0.25) is 0 Å². The molecule has 4 nitrogen and oxygen atoms in total. The molecule has 1 aliphatic carbocycles. The highest BCUT2D eigenvalue weighted by Crippen LogP contribution is 2.29. The van der Waals surface area contributed by atoms with Crippen molar-refractivity contribution in [1.82, 2.24) is 4.98 Å². The highest BCUT2D eigenvalue weighted by atomic mass is 16.4. The van der Waals surface area contributed by atoms with Gasteiger partial charge in [0.05, 0.1) is 11.1 Å². The molecular weight excluding hydrogens is 264 g/mol. The number of benzene rings is 1. The third-order valence-electron chi connectivity index (χ3n) is 4.33. The smallest absolute Gasteiger partial charge is 0.336 e. The van der Waals surface area contributed by atoms with Gasteiger partial charge >= 0.3 is 5.97 Å². The molecule has 0 radical (unpaired) electrons. The van der Waals surface area contributed by atoms with Gasteiger partial charge in [-0.1, -0.05) is 31.0 Å².